The molecule has 1 saturated heterocycles. The predicted octanol–water partition coefficient (Wildman–Crippen LogP) is 3.71. The van der Waals surface area contributed by atoms with E-state index in [9.17, 15) is 5.11 Å². The van der Waals surface area contributed by atoms with Gasteiger partial charge < -0.3 is 19.6 Å². The molecule has 0 amide bonds. The maximum absolute atomic E-state index is 9.79. The van der Waals surface area contributed by atoms with Crippen molar-refractivity contribution in [1.82, 2.24) is 24.6 Å². The van der Waals surface area contributed by atoms with Crippen molar-refractivity contribution in [2.24, 2.45) is 5.92 Å². The summed E-state index contributed by atoms with van der Waals surface area (Å²) in [6.07, 6.45) is 6.83. The number of pyridine rings is 1. The maximum atomic E-state index is 9.79. The molecule has 2 aromatic heterocycles. The van der Waals surface area contributed by atoms with Crippen LogP contribution in [0.2, 0.25) is 0 Å². The third kappa shape index (κ3) is 6.18. The first-order valence-electron chi connectivity index (χ1n) is 12.8. The lowest BCUT2D eigenvalue weighted by Gasteiger charge is -2.31. The largest absolute Gasteiger partial charge is 0.477 e. The van der Waals surface area contributed by atoms with Crippen molar-refractivity contribution >= 4 is 5.69 Å². The van der Waals surface area contributed by atoms with E-state index in [1.165, 1.54) is 18.5 Å². The summed E-state index contributed by atoms with van der Waals surface area (Å²) in [4.78, 5) is 14.0. The summed E-state index contributed by atoms with van der Waals surface area (Å²) >= 11 is 0. The maximum Gasteiger partial charge on any atom is 0.213 e. The molecule has 0 spiro atoms. The minimum atomic E-state index is -0.169. The number of anilines is 1. The molecule has 8 heteroatoms. The summed E-state index contributed by atoms with van der Waals surface area (Å²) in [6.45, 7) is 4.30. The summed E-state index contributed by atoms with van der Waals surface area (Å²) in [5.41, 5.74) is 3.11. The van der Waals surface area contributed by atoms with Gasteiger partial charge in [0.05, 0.1) is 12.7 Å². The Morgan fingerprint density at radius 1 is 1.00 bits per heavy atom. The average Bonchev–Trinajstić information content (AvgIpc) is 3.61. The van der Waals surface area contributed by atoms with Crippen LogP contribution in [0.1, 0.15) is 32.1 Å². The van der Waals surface area contributed by atoms with Crippen molar-refractivity contribution in [2.45, 2.75) is 44.8 Å². The van der Waals surface area contributed by atoms with Gasteiger partial charge in [-0.1, -0.05) is 0 Å². The molecule has 0 bridgehead atoms. The Hall–Kier alpha value is -2.97. The number of ether oxygens (including phenoxy) is 1. The molecule has 1 N–H and O–H groups in total. The van der Waals surface area contributed by atoms with Gasteiger partial charge in [0.15, 0.2) is 11.6 Å². The lowest BCUT2D eigenvalue weighted by molar-refractivity contribution is 0.145. The van der Waals surface area contributed by atoms with Crippen LogP contribution in [-0.4, -0.2) is 76.2 Å². The van der Waals surface area contributed by atoms with Crippen molar-refractivity contribution in [2.75, 3.05) is 45.2 Å². The highest BCUT2D eigenvalue weighted by atomic mass is 16.5. The minimum Gasteiger partial charge on any atom is -0.477 e. The zero-order chi connectivity index (χ0) is 24.2. The summed E-state index contributed by atoms with van der Waals surface area (Å²) in [7, 11) is 4.17. The molecule has 35 heavy (non-hydrogen) atoms. The Kier molecular flexibility index (Phi) is 7.29. The van der Waals surface area contributed by atoms with E-state index in [1.54, 1.807) is 0 Å². The molecule has 0 radical (unpaired) electrons. The van der Waals surface area contributed by atoms with Crippen LogP contribution < -0.4 is 9.64 Å². The van der Waals surface area contributed by atoms with E-state index in [2.05, 4.69) is 53.1 Å². The van der Waals surface area contributed by atoms with Gasteiger partial charge in [-0.05, 0) is 89.0 Å². The predicted molar refractivity (Wildman–Crippen MR) is 138 cm³/mol. The molecule has 0 atom stereocenters. The minimum absolute atomic E-state index is 0.169. The molecule has 1 saturated carbocycles. The highest BCUT2D eigenvalue weighted by Crippen LogP contribution is 2.30. The van der Waals surface area contributed by atoms with Crippen LogP contribution in [-0.2, 0) is 6.54 Å². The van der Waals surface area contributed by atoms with Crippen molar-refractivity contribution in [3.05, 3.63) is 42.6 Å². The molecule has 186 valence electrons. The second-order valence-electron chi connectivity index (χ2n) is 10.0. The highest BCUT2D eigenvalue weighted by molar-refractivity contribution is 5.64. The average molecular weight is 477 g/mol. The van der Waals surface area contributed by atoms with Gasteiger partial charge in [0.2, 0.25) is 5.88 Å². The molecule has 3 heterocycles. The van der Waals surface area contributed by atoms with E-state index in [4.69, 9.17) is 14.8 Å². The molecule has 1 aromatic carbocycles. The van der Waals surface area contributed by atoms with Crippen LogP contribution in [0.3, 0.4) is 0 Å². The van der Waals surface area contributed by atoms with E-state index in [1.807, 2.05) is 23.0 Å². The first-order valence-corrected chi connectivity index (χ1v) is 12.8. The Balaban J connectivity index is 1.34. The molecule has 3 aromatic rings. The summed E-state index contributed by atoms with van der Waals surface area (Å²) in [5, 5.41) is 14.7. The molecule has 5 rings (SSSR count). The molecular weight excluding hydrogens is 440 g/mol. The van der Waals surface area contributed by atoms with Gasteiger partial charge in [-0.15, -0.1) is 0 Å². The van der Waals surface area contributed by atoms with Gasteiger partial charge in [0, 0.05) is 48.7 Å². The number of aromatic nitrogens is 4. The standard InChI is InChI=1S/C27H36N6O2/c1-31(2)14-3-15-33-27(22-8-11-25(28-18-22)35-19-20-4-5-20)29-26(30-33)21-6-9-23(10-7-21)32-16-12-24(34)13-17-32/h6-11,18,20,24,34H,3-5,12-17,19H2,1-2H3. The Labute approximate surface area is 207 Å². The zero-order valence-electron chi connectivity index (χ0n) is 20.8. The van der Waals surface area contributed by atoms with Crippen molar-refractivity contribution < 1.29 is 9.84 Å². The quantitative estimate of drug-likeness (QED) is 0.478. The summed E-state index contributed by atoms with van der Waals surface area (Å²) < 4.78 is 7.81. The number of hydrogen-bond acceptors (Lipinski definition) is 7. The van der Waals surface area contributed by atoms with Gasteiger partial charge in [-0.2, -0.15) is 5.10 Å². The van der Waals surface area contributed by atoms with Gasteiger partial charge in [-0.25, -0.2) is 14.6 Å². The fourth-order valence-electron chi connectivity index (χ4n) is 4.40. The van der Waals surface area contributed by atoms with Gasteiger partial charge in [0.1, 0.15) is 0 Å². The summed E-state index contributed by atoms with van der Waals surface area (Å²) in [5.74, 6) is 2.92. The van der Waals surface area contributed by atoms with Crippen LogP contribution in [0.15, 0.2) is 42.6 Å². The third-order valence-electron chi connectivity index (χ3n) is 6.76. The number of aliphatic hydroxyl groups is 1. The van der Waals surface area contributed by atoms with Gasteiger partial charge >= 0.3 is 0 Å². The van der Waals surface area contributed by atoms with Gasteiger partial charge in [0.25, 0.3) is 0 Å². The van der Waals surface area contributed by atoms with Crippen molar-refractivity contribution in [3.8, 4) is 28.7 Å². The monoisotopic (exact) mass is 476 g/mol. The topological polar surface area (TPSA) is 79.5 Å². The molecule has 2 aliphatic rings. The van der Waals surface area contributed by atoms with Crippen LogP contribution >= 0.6 is 0 Å². The molecule has 0 unspecified atom stereocenters. The number of aryl methyl sites for hydroxylation is 1. The second-order valence-corrected chi connectivity index (χ2v) is 10.0. The first kappa shape index (κ1) is 23.8. The van der Waals surface area contributed by atoms with Crippen LogP contribution in [0, 0.1) is 5.92 Å². The molecule has 2 fully saturated rings. The Bertz CT molecular complexity index is 1080. The number of aliphatic hydroxyl groups excluding tert-OH is 1. The fourth-order valence-corrected chi connectivity index (χ4v) is 4.40. The molecule has 1 aliphatic heterocycles. The zero-order valence-corrected chi connectivity index (χ0v) is 20.8. The van der Waals surface area contributed by atoms with Crippen LogP contribution in [0.25, 0.3) is 22.8 Å². The molecule has 8 nitrogen and oxygen atoms in total. The SMILES string of the molecule is CN(C)CCCn1nc(-c2ccc(N3CCC(O)CC3)cc2)nc1-c1ccc(OCC2CC2)nc1. The van der Waals surface area contributed by atoms with E-state index < -0.39 is 0 Å². The molecular formula is C27H36N6O2. The number of piperidine rings is 1. The lowest BCUT2D eigenvalue weighted by Crippen LogP contribution is -2.35. The van der Waals surface area contributed by atoms with E-state index in [0.29, 0.717) is 11.8 Å². The smallest absolute Gasteiger partial charge is 0.213 e. The highest BCUT2D eigenvalue weighted by Gasteiger charge is 2.22. The number of rotatable bonds is 10. The van der Waals surface area contributed by atoms with Crippen molar-refractivity contribution in [3.63, 3.8) is 0 Å². The number of nitrogens with zero attached hydrogens (tertiary/aromatic N) is 6. The first-order chi connectivity index (χ1) is 17.0. The Morgan fingerprint density at radius 3 is 2.40 bits per heavy atom. The third-order valence-corrected chi connectivity index (χ3v) is 6.76. The normalized spacial score (nSPS) is 16.7. The van der Waals surface area contributed by atoms with Crippen LogP contribution in [0.4, 0.5) is 5.69 Å². The Morgan fingerprint density at radius 2 is 1.74 bits per heavy atom. The van der Waals surface area contributed by atoms with Gasteiger partial charge in [-0.3, -0.25) is 0 Å². The number of benzene rings is 1. The second kappa shape index (κ2) is 10.7. The van der Waals surface area contributed by atoms with Crippen molar-refractivity contribution in [1.29, 1.82) is 0 Å². The van der Waals surface area contributed by atoms with Crippen LogP contribution in [0.5, 0.6) is 5.88 Å². The lowest BCUT2D eigenvalue weighted by atomic mass is 10.1. The van der Waals surface area contributed by atoms with E-state index in [-0.39, 0.29) is 6.10 Å². The van der Waals surface area contributed by atoms with E-state index in [0.717, 1.165) is 74.8 Å². The number of hydrogen-bond donors (Lipinski definition) is 1. The molecule has 1 aliphatic carbocycles. The summed E-state index contributed by atoms with van der Waals surface area (Å²) in [6, 6.07) is 12.4. The van der Waals surface area contributed by atoms with E-state index >= 15 is 0 Å². The fraction of sp³-hybridized carbons (Fsp3) is 0.519.